The number of aromatic nitrogens is 2. The first kappa shape index (κ1) is 12.6. The fourth-order valence-electron chi connectivity index (χ4n) is 0.926. The van der Waals surface area contributed by atoms with Crippen LogP contribution in [0.1, 0.15) is 11.4 Å². The Morgan fingerprint density at radius 3 is 2.62 bits per heavy atom. The number of nitrogens with one attached hydrogen (secondary N) is 3. The van der Waals surface area contributed by atoms with Gasteiger partial charge in [0, 0.05) is 7.05 Å². The van der Waals surface area contributed by atoms with E-state index in [0.29, 0.717) is 0 Å². The summed E-state index contributed by atoms with van der Waals surface area (Å²) in [5, 5.41) is 9.14. The first-order valence-electron chi connectivity index (χ1n) is 4.11. The lowest BCUT2D eigenvalue weighted by Crippen LogP contribution is -2.32. The standard InChI is InChI=1S/C7H8ClF3N4O/c1-12-6(16)13-2-3-4(8)5(15-14-3)7(9,10)11/h2H2,1H3,(H,14,15)(H2,12,13,16). The third-order valence-electron chi connectivity index (χ3n) is 1.70. The third-order valence-corrected chi connectivity index (χ3v) is 2.10. The maximum Gasteiger partial charge on any atom is 0.436 e. The number of halogens is 4. The molecule has 16 heavy (non-hydrogen) atoms. The number of urea groups is 1. The van der Waals surface area contributed by atoms with Crippen molar-refractivity contribution in [2.45, 2.75) is 12.7 Å². The van der Waals surface area contributed by atoms with Gasteiger partial charge in [-0.05, 0) is 0 Å². The fraction of sp³-hybridized carbons (Fsp3) is 0.429. The number of carbonyl (C=O) groups is 1. The van der Waals surface area contributed by atoms with E-state index in [2.05, 4.69) is 20.8 Å². The summed E-state index contributed by atoms with van der Waals surface area (Å²) in [6.07, 6.45) is -4.61. The molecule has 0 bridgehead atoms. The van der Waals surface area contributed by atoms with E-state index in [0.717, 1.165) is 0 Å². The predicted octanol–water partition coefficient (Wildman–Crippen LogP) is 1.51. The van der Waals surface area contributed by atoms with Crippen LogP contribution in [0.4, 0.5) is 18.0 Å². The topological polar surface area (TPSA) is 69.8 Å². The second-order valence-electron chi connectivity index (χ2n) is 2.80. The zero-order chi connectivity index (χ0) is 12.3. The first-order chi connectivity index (χ1) is 7.36. The Morgan fingerprint density at radius 1 is 1.56 bits per heavy atom. The highest BCUT2D eigenvalue weighted by molar-refractivity contribution is 6.32. The van der Waals surface area contributed by atoms with Gasteiger partial charge in [0.1, 0.15) is 0 Å². The van der Waals surface area contributed by atoms with Gasteiger partial charge in [0.2, 0.25) is 0 Å². The van der Waals surface area contributed by atoms with Crippen LogP contribution >= 0.6 is 11.6 Å². The van der Waals surface area contributed by atoms with Crippen molar-refractivity contribution < 1.29 is 18.0 Å². The van der Waals surface area contributed by atoms with Crippen LogP contribution in [0.15, 0.2) is 0 Å². The van der Waals surface area contributed by atoms with E-state index in [-0.39, 0.29) is 12.2 Å². The summed E-state index contributed by atoms with van der Waals surface area (Å²) in [4.78, 5) is 10.8. The summed E-state index contributed by atoms with van der Waals surface area (Å²) in [5.41, 5.74) is -1.19. The van der Waals surface area contributed by atoms with Crippen LogP contribution in [0, 0.1) is 0 Å². The monoisotopic (exact) mass is 256 g/mol. The van der Waals surface area contributed by atoms with Gasteiger partial charge in [0.15, 0.2) is 5.69 Å². The number of aromatic amines is 1. The van der Waals surface area contributed by atoms with Gasteiger partial charge in [-0.3, -0.25) is 5.10 Å². The molecule has 1 aromatic rings. The van der Waals surface area contributed by atoms with Crippen LogP contribution in [-0.2, 0) is 12.7 Å². The van der Waals surface area contributed by atoms with Crippen molar-refractivity contribution in [2.24, 2.45) is 0 Å². The third kappa shape index (κ3) is 2.78. The summed E-state index contributed by atoms with van der Waals surface area (Å²) in [6.45, 7) is -0.165. The highest BCUT2D eigenvalue weighted by atomic mass is 35.5. The molecule has 0 saturated carbocycles. The number of hydrogen-bond acceptors (Lipinski definition) is 2. The van der Waals surface area contributed by atoms with E-state index >= 15 is 0 Å². The van der Waals surface area contributed by atoms with Crippen LogP contribution in [0.2, 0.25) is 5.02 Å². The van der Waals surface area contributed by atoms with Crippen molar-refractivity contribution >= 4 is 17.6 Å². The molecule has 9 heteroatoms. The zero-order valence-corrected chi connectivity index (χ0v) is 8.83. The number of amides is 2. The number of carbonyl (C=O) groups excluding carboxylic acids is 1. The molecule has 1 aromatic heterocycles. The highest BCUT2D eigenvalue weighted by Gasteiger charge is 2.37. The molecule has 5 nitrogen and oxygen atoms in total. The molecule has 1 heterocycles. The van der Waals surface area contributed by atoms with Crippen molar-refractivity contribution in [1.29, 1.82) is 0 Å². The smallest absolute Gasteiger partial charge is 0.341 e. The first-order valence-corrected chi connectivity index (χ1v) is 4.49. The Balaban J connectivity index is 2.77. The number of H-pyrrole nitrogens is 1. The van der Waals surface area contributed by atoms with Gasteiger partial charge in [0.25, 0.3) is 0 Å². The van der Waals surface area contributed by atoms with E-state index in [1.54, 1.807) is 0 Å². The minimum atomic E-state index is -4.61. The van der Waals surface area contributed by atoms with E-state index in [1.807, 2.05) is 0 Å². The molecule has 2 amide bonds. The molecule has 3 N–H and O–H groups in total. The number of rotatable bonds is 2. The van der Waals surface area contributed by atoms with Crippen LogP contribution < -0.4 is 10.6 Å². The number of hydrogen-bond donors (Lipinski definition) is 3. The summed E-state index contributed by atoms with van der Waals surface area (Å²) in [7, 11) is 1.38. The number of alkyl halides is 3. The van der Waals surface area contributed by atoms with Gasteiger partial charge in [-0.1, -0.05) is 11.6 Å². The van der Waals surface area contributed by atoms with E-state index in [9.17, 15) is 18.0 Å². The summed E-state index contributed by atoms with van der Waals surface area (Å²) in [6, 6.07) is -0.528. The minimum absolute atomic E-state index is 0.00223. The van der Waals surface area contributed by atoms with Crippen molar-refractivity contribution in [3.63, 3.8) is 0 Å². The van der Waals surface area contributed by atoms with E-state index in [4.69, 9.17) is 11.6 Å². The Labute approximate surface area is 93.3 Å². The maximum absolute atomic E-state index is 12.3. The molecular weight excluding hydrogens is 249 g/mol. The molecule has 0 radical (unpaired) electrons. The van der Waals surface area contributed by atoms with Gasteiger partial charge in [-0.2, -0.15) is 18.3 Å². The van der Waals surface area contributed by atoms with Crippen LogP contribution in [0.5, 0.6) is 0 Å². The van der Waals surface area contributed by atoms with E-state index in [1.165, 1.54) is 7.05 Å². The Hall–Kier alpha value is -1.44. The normalized spacial score (nSPS) is 11.3. The molecule has 0 atom stereocenters. The second kappa shape index (κ2) is 4.60. The lowest BCUT2D eigenvalue weighted by atomic mass is 10.3. The predicted molar refractivity (Wildman–Crippen MR) is 49.9 cm³/mol. The summed E-state index contributed by atoms with van der Waals surface area (Å²) >= 11 is 5.45. The molecule has 0 aromatic carbocycles. The van der Waals surface area contributed by atoms with Gasteiger partial charge in [0.05, 0.1) is 17.3 Å². The van der Waals surface area contributed by atoms with Crippen molar-refractivity contribution in [1.82, 2.24) is 20.8 Å². The highest BCUT2D eigenvalue weighted by Crippen LogP contribution is 2.34. The summed E-state index contributed by atoms with van der Waals surface area (Å²) in [5.74, 6) is 0. The largest absolute Gasteiger partial charge is 0.436 e. The molecule has 1 rings (SSSR count). The van der Waals surface area contributed by atoms with Crippen LogP contribution in [0.25, 0.3) is 0 Å². The lowest BCUT2D eigenvalue weighted by Gasteiger charge is -2.03. The summed E-state index contributed by atoms with van der Waals surface area (Å²) < 4.78 is 36.8. The van der Waals surface area contributed by atoms with Crippen molar-refractivity contribution in [3.8, 4) is 0 Å². The molecule has 0 aliphatic heterocycles. The molecular formula is C7H8ClF3N4O. The van der Waals surface area contributed by atoms with E-state index < -0.39 is 22.9 Å². The second-order valence-corrected chi connectivity index (χ2v) is 3.17. The van der Waals surface area contributed by atoms with Gasteiger partial charge in [-0.25, -0.2) is 4.79 Å². The number of nitrogens with zero attached hydrogens (tertiary/aromatic N) is 1. The minimum Gasteiger partial charge on any atom is -0.341 e. The lowest BCUT2D eigenvalue weighted by molar-refractivity contribution is -0.141. The molecule has 90 valence electrons. The molecule has 0 saturated heterocycles. The quantitative estimate of drug-likeness (QED) is 0.751. The molecule has 0 fully saturated rings. The SMILES string of the molecule is CNC(=O)NCc1[nH]nc(C(F)(F)F)c1Cl. The van der Waals surface area contributed by atoms with Crippen molar-refractivity contribution in [3.05, 3.63) is 16.4 Å². The fourth-order valence-corrected chi connectivity index (χ4v) is 1.18. The maximum atomic E-state index is 12.3. The Kier molecular flexibility index (Phi) is 3.63. The Bertz CT molecular complexity index is 389. The molecule has 0 aliphatic carbocycles. The zero-order valence-electron chi connectivity index (χ0n) is 8.07. The Morgan fingerprint density at radius 2 is 2.19 bits per heavy atom. The van der Waals surface area contributed by atoms with Gasteiger partial charge in [-0.15, -0.1) is 0 Å². The van der Waals surface area contributed by atoms with Gasteiger partial charge < -0.3 is 10.6 Å². The van der Waals surface area contributed by atoms with Crippen LogP contribution in [0.3, 0.4) is 0 Å². The molecule has 0 aliphatic rings. The molecule has 0 spiro atoms. The van der Waals surface area contributed by atoms with Crippen LogP contribution in [-0.4, -0.2) is 23.3 Å². The van der Waals surface area contributed by atoms with Gasteiger partial charge >= 0.3 is 12.2 Å². The van der Waals surface area contributed by atoms with Crippen molar-refractivity contribution in [2.75, 3.05) is 7.05 Å². The average molecular weight is 257 g/mol. The average Bonchev–Trinajstić information content (AvgIpc) is 2.55. The molecule has 0 unspecified atom stereocenters.